The monoisotopic (exact) mass is 352 g/mol. The van der Waals surface area contributed by atoms with Crippen molar-refractivity contribution in [3.63, 3.8) is 0 Å². The van der Waals surface area contributed by atoms with Crippen LogP contribution in [0.1, 0.15) is 44.2 Å². The Labute approximate surface area is 155 Å². The third-order valence-electron chi connectivity index (χ3n) is 6.02. The van der Waals surface area contributed by atoms with Crippen LogP contribution in [-0.2, 0) is 4.79 Å². The van der Waals surface area contributed by atoms with Crippen molar-refractivity contribution in [1.29, 1.82) is 0 Å². The number of hydrogen-bond acceptors (Lipinski definition) is 4. The van der Waals surface area contributed by atoms with Crippen LogP contribution in [0.3, 0.4) is 0 Å². The second-order valence-electron chi connectivity index (χ2n) is 7.67. The molecule has 1 atom stereocenters. The number of aromatic nitrogens is 1. The summed E-state index contributed by atoms with van der Waals surface area (Å²) in [6, 6.07) is 10.1. The van der Waals surface area contributed by atoms with Gasteiger partial charge in [0.1, 0.15) is 0 Å². The Morgan fingerprint density at radius 1 is 1.15 bits per heavy atom. The number of anilines is 1. The minimum Gasteiger partial charge on any atom is -0.397 e. The summed E-state index contributed by atoms with van der Waals surface area (Å²) in [4.78, 5) is 22.0. The minimum absolute atomic E-state index is 0.0120. The zero-order chi connectivity index (χ0) is 18.1. The zero-order valence-electron chi connectivity index (χ0n) is 15.5. The van der Waals surface area contributed by atoms with Gasteiger partial charge in [-0.1, -0.05) is 18.2 Å². The molecule has 4 rings (SSSR count). The highest BCUT2D eigenvalue weighted by Gasteiger charge is 2.31. The average Bonchev–Trinajstić information content (AvgIpc) is 3.21. The Morgan fingerprint density at radius 2 is 1.85 bits per heavy atom. The van der Waals surface area contributed by atoms with Gasteiger partial charge in [-0.2, -0.15) is 0 Å². The molecule has 0 saturated carbocycles. The van der Waals surface area contributed by atoms with E-state index in [-0.39, 0.29) is 11.9 Å². The molecule has 5 nitrogen and oxygen atoms in total. The summed E-state index contributed by atoms with van der Waals surface area (Å²) >= 11 is 0. The maximum Gasteiger partial charge on any atom is 0.239 e. The highest BCUT2D eigenvalue weighted by atomic mass is 16.2. The quantitative estimate of drug-likeness (QED) is 0.922. The molecule has 0 unspecified atom stereocenters. The van der Waals surface area contributed by atoms with Gasteiger partial charge in [0, 0.05) is 24.4 Å². The van der Waals surface area contributed by atoms with Gasteiger partial charge in [0.2, 0.25) is 5.91 Å². The number of piperidine rings is 1. The first-order chi connectivity index (χ1) is 12.6. The number of benzene rings is 1. The lowest BCUT2D eigenvalue weighted by atomic mass is 9.91. The second kappa shape index (κ2) is 7.23. The van der Waals surface area contributed by atoms with Gasteiger partial charge in [-0.15, -0.1) is 0 Å². The highest BCUT2D eigenvalue weighted by Crippen LogP contribution is 2.32. The predicted molar refractivity (Wildman–Crippen MR) is 105 cm³/mol. The molecule has 2 aromatic rings. The molecule has 2 N–H and O–H groups in total. The van der Waals surface area contributed by atoms with Crippen molar-refractivity contribution in [2.75, 3.05) is 31.9 Å². The van der Waals surface area contributed by atoms with Crippen molar-refractivity contribution in [3.05, 3.63) is 36.0 Å². The molecule has 0 radical (unpaired) electrons. The standard InChI is InChI=1S/C21H28N4O/c1-15(24-10-4-5-11-24)21(26)25-12-8-16(9-13-25)20-18(22)14-17-6-2-3-7-19(17)23-20/h2-3,6-7,14-16H,4-5,8-13,22H2,1H3/t15-/m0/s1. The Balaban J connectivity index is 1.43. The van der Waals surface area contributed by atoms with E-state index in [1.165, 1.54) is 12.8 Å². The SMILES string of the molecule is C[C@@H](C(=O)N1CCC(c2nc3ccccc3cc2N)CC1)N1CCCC1. The molecular weight excluding hydrogens is 324 g/mol. The topological polar surface area (TPSA) is 62.5 Å². The van der Waals surface area contributed by atoms with Crippen molar-refractivity contribution in [3.8, 4) is 0 Å². The van der Waals surface area contributed by atoms with E-state index in [4.69, 9.17) is 10.7 Å². The van der Waals surface area contributed by atoms with Gasteiger partial charge in [0.05, 0.1) is 22.9 Å². The molecule has 2 fully saturated rings. The molecule has 1 aromatic heterocycles. The van der Waals surface area contributed by atoms with Crippen molar-refractivity contribution < 1.29 is 4.79 Å². The van der Waals surface area contributed by atoms with Gasteiger partial charge in [-0.05, 0) is 57.8 Å². The average molecular weight is 352 g/mol. The molecular formula is C21H28N4O. The largest absolute Gasteiger partial charge is 0.397 e. The van der Waals surface area contributed by atoms with Crippen LogP contribution in [0.15, 0.2) is 30.3 Å². The number of fused-ring (bicyclic) bond motifs is 1. The number of amides is 1. The lowest BCUT2D eigenvalue weighted by Crippen LogP contribution is -2.48. The van der Waals surface area contributed by atoms with E-state index in [2.05, 4.69) is 11.8 Å². The van der Waals surface area contributed by atoms with Gasteiger partial charge in [0.15, 0.2) is 0 Å². The molecule has 2 aliphatic heterocycles. The summed E-state index contributed by atoms with van der Waals surface area (Å²) in [5.74, 6) is 0.621. The lowest BCUT2D eigenvalue weighted by molar-refractivity contribution is -0.137. The van der Waals surface area contributed by atoms with Crippen LogP contribution in [0.2, 0.25) is 0 Å². The molecule has 2 saturated heterocycles. The summed E-state index contributed by atoms with van der Waals surface area (Å²) in [6.07, 6.45) is 4.31. The van der Waals surface area contributed by atoms with Gasteiger partial charge >= 0.3 is 0 Å². The Kier molecular flexibility index (Phi) is 4.81. The summed E-state index contributed by atoms with van der Waals surface area (Å²) in [5.41, 5.74) is 9.07. The minimum atomic E-state index is 0.0120. The van der Waals surface area contributed by atoms with E-state index in [1.807, 2.05) is 35.2 Å². The molecule has 1 amide bonds. The molecule has 26 heavy (non-hydrogen) atoms. The first-order valence-electron chi connectivity index (χ1n) is 9.81. The zero-order valence-corrected chi connectivity index (χ0v) is 15.5. The number of nitrogens with two attached hydrogens (primary N) is 1. The van der Waals surface area contributed by atoms with Crippen molar-refractivity contribution in [2.24, 2.45) is 0 Å². The van der Waals surface area contributed by atoms with E-state index < -0.39 is 0 Å². The lowest BCUT2D eigenvalue weighted by Gasteiger charge is -2.35. The molecule has 3 heterocycles. The fourth-order valence-electron chi connectivity index (χ4n) is 4.40. The first kappa shape index (κ1) is 17.3. The van der Waals surface area contributed by atoms with Crippen LogP contribution in [0.5, 0.6) is 0 Å². The Hall–Kier alpha value is -2.14. The normalized spacial score (nSPS) is 20.6. The number of carbonyl (C=O) groups is 1. The molecule has 0 bridgehead atoms. The third kappa shape index (κ3) is 3.28. The van der Waals surface area contributed by atoms with Crippen LogP contribution >= 0.6 is 0 Å². The maximum absolute atomic E-state index is 12.8. The number of pyridine rings is 1. The van der Waals surface area contributed by atoms with Gasteiger partial charge < -0.3 is 10.6 Å². The van der Waals surface area contributed by atoms with Crippen molar-refractivity contribution >= 4 is 22.5 Å². The molecule has 5 heteroatoms. The van der Waals surface area contributed by atoms with Crippen LogP contribution in [0.4, 0.5) is 5.69 Å². The van der Waals surface area contributed by atoms with Crippen molar-refractivity contribution in [1.82, 2.24) is 14.8 Å². The van der Waals surface area contributed by atoms with E-state index in [9.17, 15) is 4.79 Å². The third-order valence-corrected chi connectivity index (χ3v) is 6.02. The van der Waals surface area contributed by atoms with Gasteiger partial charge in [-0.3, -0.25) is 14.7 Å². The summed E-state index contributed by atoms with van der Waals surface area (Å²) < 4.78 is 0. The predicted octanol–water partition coefficient (Wildman–Crippen LogP) is 3.01. The van der Waals surface area contributed by atoms with Crippen LogP contribution in [-0.4, -0.2) is 52.9 Å². The van der Waals surface area contributed by atoms with Crippen molar-refractivity contribution in [2.45, 2.75) is 44.6 Å². The summed E-state index contributed by atoms with van der Waals surface area (Å²) in [7, 11) is 0. The Bertz CT molecular complexity index is 792. The summed E-state index contributed by atoms with van der Waals surface area (Å²) in [5, 5.41) is 1.08. The molecule has 0 spiro atoms. The number of carbonyl (C=O) groups excluding carboxylic acids is 1. The number of rotatable bonds is 3. The van der Waals surface area contributed by atoms with E-state index >= 15 is 0 Å². The molecule has 0 aliphatic carbocycles. The number of para-hydroxylation sites is 1. The summed E-state index contributed by atoms with van der Waals surface area (Å²) in [6.45, 7) is 5.77. The van der Waals surface area contributed by atoms with Gasteiger partial charge in [-0.25, -0.2) is 0 Å². The molecule has 138 valence electrons. The highest BCUT2D eigenvalue weighted by molar-refractivity contribution is 5.83. The fraction of sp³-hybridized carbons (Fsp3) is 0.524. The van der Waals surface area contributed by atoms with E-state index in [0.29, 0.717) is 5.92 Å². The van der Waals surface area contributed by atoms with E-state index in [0.717, 1.165) is 61.3 Å². The fourth-order valence-corrected chi connectivity index (χ4v) is 4.40. The number of nitrogens with zero attached hydrogens (tertiary/aromatic N) is 3. The van der Waals surface area contributed by atoms with Crippen LogP contribution < -0.4 is 5.73 Å². The van der Waals surface area contributed by atoms with Crippen LogP contribution in [0.25, 0.3) is 10.9 Å². The number of hydrogen-bond donors (Lipinski definition) is 1. The number of likely N-dealkylation sites (tertiary alicyclic amines) is 2. The van der Waals surface area contributed by atoms with Crippen LogP contribution in [0, 0.1) is 0 Å². The molecule has 1 aromatic carbocycles. The molecule has 2 aliphatic rings. The van der Waals surface area contributed by atoms with Gasteiger partial charge in [0.25, 0.3) is 0 Å². The second-order valence-corrected chi connectivity index (χ2v) is 7.67. The Morgan fingerprint density at radius 3 is 2.58 bits per heavy atom. The number of nitrogen functional groups attached to an aromatic ring is 1. The maximum atomic E-state index is 12.8. The first-order valence-corrected chi connectivity index (χ1v) is 9.81. The van der Waals surface area contributed by atoms with E-state index in [1.54, 1.807) is 0 Å². The smallest absolute Gasteiger partial charge is 0.239 e.